The number of pyridine rings is 1. The van der Waals surface area contributed by atoms with Crippen molar-refractivity contribution in [2.45, 2.75) is 31.8 Å². The fraction of sp³-hybridized carbons (Fsp3) is 0.360. The van der Waals surface area contributed by atoms with Gasteiger partial charge >= 0.3 is 6.09 Å². The fourth-order valence-corrected chi connectivity index (χ4v) is 5.29. The number of ketones is 1. The Balaban J connectivity index is 1.79. The van der Waals surface area contributed by atoms with Crippen LogP contribution in [0.25, 0.3) is 5.76 Å². The molecule has 0 saturated carbocycles. The lowest BCUT2D eigenvalue weighted by Gasteiger charge is -2.38. The molecular formula is C25H25Cl2N3O6. The van der Waals surface area contributed by atoms with Crippen LogP contribution >= 0.6 is 23.2 Å². The number of carbonyl (C=O) groups is 3. The summed E-state index contributed by atoms with van der Waals surface area (Å²) in [7, 11) is 1.38. The normalized spacial score (nSPS) is 20.1. The second kappa shape index (κ2) is 10.8. The van der Waals surface area contributed by atoms with Gasteiger partial charge in [-0.2, -0.15) is 0 Å². The van der Waals surface area contributed by atoms with Gasteiger partial charge in [-0.1, -0.05) is 29.3 Å². The SMILES string of the molecule is CCOC(=O)N1CCC(N2C(=O)C(=O)/C(=C(/O)c3cc(Cl)cc(Cl)c3OC)C2c2cccnc2)CC1. The molecule has 0 aliphatic carbocycles. The lowest BCUT2D eigenvalue weighted by atomic mass is 9.94. The van der Waals surface area contributed by atoms with Gasteiger partial charge in [0.25, 0.3) is 11.7 Å². The topological polar surface area (TPSA) is 109 Å². The third-order valence-corrected chi connectivity index (χ3v) is 6.83. The van der Waals surface area contributed by atoms with Crippen LogP contribution in [-0.4, -0.2) is 70.5 Å². The lowest BCUT2D eigenvalue weighted by molar-refractivity contribution is -0.142. The van der Waals surface area contributed by atoms with Gasteiger partial charge in [-0.3, -0.25) is 14.6 Å². The van der Waals surface area contributed by atoms with Crippen molar-refractivity contribution in [3.05, 3.63) is 63.4 Å². The molecule has 9 nitrogen and oxygen atoms in total. The van der Waals surface area contributed by atoms with Crippen LogP contribution in [0.1, 0.15) is 36.9 Å². The summed E-state index contributed by atoms with van der Waals surface area (Å²) in [5.74, 6) is -1.91. The number of aliphatic hydroxyl groups is 1. The monoisotopic (exact) mass is 533 g/mol. The van der Waals surface area contributed by atoms with Gasteiger partial charge in [0.15, 0.2) is 0 Å². The van der Waals surface area contributed by atoms with Gasteiger partial charge in [0.05, 0.1) is 35.9 Å². The minimum atomic E-state index is -0.902. The van der Waals surface area contributed by atoms with Crippen molar-refractivity contribution >= 4 is 46.7 Å². The number of carbonyl (C=O) groups excluding carboxylic acids is 3. The molecule has 1 aromatic carbocycles. The van der Waals surface area contributed by atoms with E-state index in [0.29, 0.717) is 31.5 Å². The zero-order valence-electron chi connectivity index (χ0n) is 19.7. The molecule has 2 aliphatic rings. The van der Waals surface area contributed by atoms with E-state index in [4.69, 9.17) is 32.7 Å². The van der Waals surface area contributed by atoms with Crippen LogP contribution < -0.4 is 4.74 Å². The van der Waals surface area contributed by atoms with Crippen LogP contribution in [-0.2, 0) is 14.3 Å². The molecule has 1 unspecified atom stereocenters. The zero-order chi connectivity index (χ0) is 26.0. The third-order valence-electron chi connectivity index (χ3n) is 6.33. The fourth-order valence-electron chi connectivity index (χ4n) is 4.72. The van der Waals surface area contributed by atoms with Crippen LogP contribution in [0.2, 0.25) is 10.0 Å². The van der Waals surface area contributed by atoms with Crippen LogP contribution in [0.3, 0.4) is 0 Å². The van der Waals surface area contributed by atoms with E-state index in [1.165, 1.54) is 24.1 Å². The number of likely N-dealkylation sites (tertiary alicyclic amines) is 2. The average molecular weight is 534 g/mol. The molecular weight excluding hydrogens is 509 g/mol. The smallest absolute Gasteiger partial charge is 0.409 e. The number of hydrogen-bond donors (Lipinski definition) is 1. The summed E-state index contributed by atoms with van der Waals surface area (Å²) in [6.45, 7) is 2.74. The Morgan fingerprint density at radius 2 is 1.94 bits per heavy atom. The molecule has 36 heavy (non-hydrogen) atoms. The Kier molecular flexibility index (Phi) is 7.70. The number of nitrogens with zero attached hydrogens (tertiary/aromatic N) is 3. The summed E-state index contributed by atoms with van der Waals surface area (Å²) in [6, 6.07) is 5.04. The molecule has 2 amide bonds. The van der Waals surface area contributed by atoms with Gasteiger partial charge < -0.3 is 24.4 Å². The molecule has 1 N–H and O–H groups in total. The molecule has 1 atom stereocenters. The van der Waals surface area contributed by atoms with Crippen LogP contribution in [0, 0.1) is 0 Å². The maximum absolute atomic E-state index is 13.4. The van der Waals surface area contributed by atoms with E-state index in [-0.39, 0.29) is 39.6 Å². The van der Waals surface area contributed by atoms with Crippen molar-refractivity contribution < 1.29 is 29.0 Å². The number of amides is 2. The van der Waals surface area contributed by atoms with Crippen molar-refractivity contribution in [3.8, 4) is 5.75 Å². The number of halogens is 2. The average Bonchev–Trinajstić information content (AvgIpc) is 3.14. The minimum absolute atomic E-state index is 0.0963. The Morgan fingerprint density at radius 1 is 1.22 bits per heavy atom. The van der Waals surface area contributed by atoms with Gasteiger partial charge in [0.2, 0.25) is 0 Å². The van der Waals surface area contributed by atoms with E-state index in [2.05, 4.69) is 4.98 Å². The lowest BCUT2D eigenvalue weighted by Crippen LogP contribution is -2.48. The molecule has 0 radical (unpaired) electrons. The summed E-state index contributed by atoms with van der Waals surface area (Å²) >= 11 is 12.4. The van der Waals surface area contributed by atoms with E-state index >= 15 is 0 Å². The van der Waals surface area contributed by atoms with Crippen molar-refractivity contribution in [1.29, 1.82) is 0 Å². The first-order valence-electron chi connectivity index (χ1n) is 11.4. The summed E-state index contributed by atoms with van der Waals surface area (Å²) in [5.41, 5.74) is 0.537. The number of piperidine rings is 1. The molecule has 190 valence electrons. The van der Waals surface area contributed by atoms with Gasteiger partial charge in [0, 0.05) is 36.5 Å². The molecule has 2 fully saturated rings. The number of aromatic nitrogens is 1. The van der Waals surface area contributed by atoms with Crippen molar-refractivity contribution in [1.82, 2.24) is 14.8 Å². The number of rotatable bonds is 5. The predicted octanol–water partition coefficient (Wildman–Crippen LogP) is 4.44. The van der Waals surface area contributed by atoms with E-state index < -0.39 is 29.6 Å². The highest BCUT2D eigenvalue weighted by Gasteiger charge is 2.49. The van der Waals surface area contributed by atoms with Gasteiger partial charge in [-0.25, -0.2) is 4.79 Å². The quantitative estimate of drug-likeness (QED) is 0.343. The molecule has 1 aromatic heterocycles. The van der Waals surface area contributed by atoms with Crippen molar-refractivity contribution in [3.63, 3.8) is 0 Å². The Hall–Kier alpha value is -3.30. The van der Waals surface area contributed by atoms with Gasteiger partial charge in [0.1, 0.15) is 11.5 Å². The molecule has 3 heterocycles. The van der Waals surface area contributed by atoms with E-state index in [9.17, 15) is 19.5 Å². The Morgan fingerprint density at radius 3 is 2.56 bits per heavy atom. The molecule has 2 aromatic rings. The number of benzene rings is 1. The number of Topliss-reactive ketones (excluding diaryl/α,β-unsaturated/α-hetero) is 1. The number of methoxy groups -OCH3 is 1. The number of hydrogen-bond acceptors (Lipinski definition) is 7. The first-order chi connectivity index (χ1) is 17.3. The summed E-state index contributed by atoms with van der Waals surface area (Å²) in [6.07, 6.45) is 3.59. The Labute approximate surface area is 218 Å². The first-order valence-corrected chi connectivity index (χ1v) is 12.2. The zero-order valence-corrected chi connectivity index (χ0v) is 21.3. The highest BCUT2D eigenvalue weighted by molar-refractivity contribution is 6.47. The highest BCUT2D eigenvalue weighted by atomic mass is 35.5. The molecule has 2 aliphatic heterocycles. The van der Waals surface area contributed by atoms with Crippen molar-refractivity contribution in [2.75, 3.05) is 26.8 Å². The third kappa shape index (κ3) is 4.73. The van der Waals surface area contributed by atoms with Gasteiger partial charge in [-0.05, 0) is 43.5 Å². The summed E-state index contributed by atoms with van der Waals surface area (Å²) in [4.78, 5) is 46.1. The van der Waals surface area contributed by atoms with Crippen LogP contribution in [0.5, 0.6) is 5.75 Å². The van der Waals surface area contributed by atoms with E-state index in [1.54, 1.807) is 36.4 Å². The minimum Gasteiger partial charge on any atom is -0.507 e. The van der Waals surface area contributed by atoms with Crippen LogP contribution in [0.4, 0.5) is 4.79 Å². The predicted molar refractivity (Wildman–Crippen MR) is 133 cm³/mol. The molecule has 2 saturated heterocycles. The number of ether oxygens (including phenoxy) is 2. The summed E-state index contributed by atoms with van der Waals surface area (Å²) in [5, 5.41) is 11.8. The summed E-state index contributed by atoms with van der Waals surface area (Å²) < 4.78 is 10.4. The standard InChI is InChI=1S/C25H25Cl2N3O6/c1-3-36-25(34)29-9-6-16(7-10-29)30-20(14-5-4-8-28-13-14)19(22(32)24(30)33)21(31)17-11-15(26)12-18(27)23(17)35-2/h4-5,8,11-13,16,20,31H,3,6-7,9-10H2,1-2H3/b21-19+. The molecule has 0 spiro atoms. The number of aliphatic hydroxyl groups excluding tert-OH is 1. The molecule has 11 heteroatoms. The maximum atomic E-state index is 13.4. The Bertz CT molecular complexity index is 1210. The second-order valence-electron chi connectivity index (χ2n) is 8.38. The highest BCUT2D eigenvalue weighted by Crippen LogP contribution is 2.44. The maximum Gasteiger partial charge on any atom is 0.409 e. The first kappa shape index (κ1) is 25.8. The van der Waals surface area contributed by atoms with Crippen molar-refractivity contribution in [2.24, 2.45) is 0 Å². The second-order valence-corrected chi connectivity index (χ2v) is 9.22. The molecule has 0 bridgehead atoms. The van der Waals surface area contributed by atoms with Gasteiger partial charge in [-0.15, -0.1) is 0 Å². The largest absolute Gasteiger partial charge is 0.507 e. The van der Waals surface area contributed by atoms with E-state index in [0.717, 1.165) is 0 Å². The van der Waals surface area contributed by atoms with E-state index in [1.807, 2.05) is 0 Å². The molecule has 4 rings (SSSR count). The van der Waals surface area contributed by atoms with Crippen LogP contribution in [0.15, 0.2) is 42.2 Å².